The van der Waals surface area contributed by atoms with E-state index >= 15 is 0 Å². The molecule has 3 aliphatic rings. The molecule has 1 aromatic carbocycles. The number of hydrogen-bond donors (Lipinski definition) is 0. The monoisotopic (exact) mass is 263 g/mol. The van der Waals surface area contributed by atoms with Gasteiger partial charge in [0, 0.05) is 35.0 Å². The molecule has 0 radical (unpaired) electrons. The summed E-state index contributed by atoms with van der Waals surface area (Å²) in [6, 6.07) is 9.06. The molecule has 5 rings (SSSR count). The molecule has 1 nitrogen and oxygen atoms in total. The fraction of sp³-hybridized carbons (Fsp3) is 0.474. The molecule has 2 atom stereocenters. The molecule has 0 N–H and O–H groups in total. The molecule has 102 valence electrons. The Hall–Kier alpha value is -1.50. The molecule has 1 spiro atoms. The van der Waals surface area contributed by atoms with Gasteiger partial charge < -0.3 is 4.57 Å². The van der Waals surface area contributed by atoms with Gasteiger partial charge in [0.1, 0.15) is 0 Å². The first-order chi connectivity index (χ1) is 9.81. The number of nitrogens with zero attached hydrogens (tertiary/aromatic N) is 1. The smallest absolute Gasteiger partial charge is 0.0483 e. The zero-order valence-electron chi connectivity index (χ0n) is 12.1. The molecule has 20 heavy (non-hydrogen) atoms. The van der Waals surface area contributed by atoms with Crippen molar-refractivity contribution in [3.63, 3.8) is 0 Å². The zero-order chi connectivity index (χ0) is 13.3. The molecule has 1 aromatic heterocycles. The van der Waals surface area contributed by atoms with Gasteiger partial charge in [-0.05, 0) is 36.8 Å². The molecule has 3 aliphatic carbocycles. The van der Waals surface area contributed by atoms with E-state index < -0.39 is 0 Å². The lowest BCUT2D eigenvalue weighted by Gasteiger charge is -2.40. The zero-order valence-corrected chi connectivity index (χ0v) is 12.1. The van der Waals surface area contributed by atoms with Crippen LogP contribution in [0.2, 0.25) is 0 Å². The lowest BCUT2D eigenvalue weighted by Crippen LogP contribution is -2.35. The third kappa shape index (κ3) is 1.12. The maximum atomic E-state index is 2.55. The molecule has 2 aromatic rings. The summed E-state index contributed by atoms with van der Waals surface area (Å²) >= 11 is 0. The van der Waals surface area contributed by atoms with Crippen LogP contribution in [0.25, 0.3) is 10.9 Å². The summed E-state index contributed by atoms with van der Waals surface area (Å²) in [5.41, 5.74) is 5.24. The van der Waals surface area contributed by atoms with Crippen LogP contribution in [0.5, 0.6) is 0 Å². The number of aromatic nitrogens is 1. The van der Waals surface area contributed by atoms with Crippen LogP contribution < -0.4 is 0 Å². The average molecular weight is 263 g/mol. The van der Waals surface area contributed by atoms with Crippen LogP contribution in [0, 0.1) is 5.92 Å². The quantitative estimate of drug-likeness (QED) is 0.609. The number of rotatable bonds is 0. The predicted molar refractivity (Wildman–Crippen MR) is 83.1 cm³/mol. The molecule has 1 heteroatoms. The van der Waals surface area contributed by atoms with Gasteiger partial charge in [-0.15, -0.1) is 0 Å². The number of fused-ring (bicyclic) bond motifs is 8. The number of allylic oxidation sites excluding steroid dienone is 2. The van der Waals surface area contributed by atoms with E-state index in [1.807, 2.05) is 0 Å². The van der Waals surface area contributed by atoms with Crippen LogP contribution >= 0.6 is 0 Å². The third-order valence-electron chi connectivity index (χ3n) is 6.29. The molecule has 1 saturated carbocycles. The number of benzene rings is 1. The number of aryl methyl sites for hydroxylation is 1. The standard InChI is InChI=1S/C19H21N/c1-20-16-7-3-2-6-15(16)17-18(20)13-8-9-14(12-13)19(17)10-4-5-11-19/h2-3,6-9,13-14H,4-5,10-12H2,1H3/t13-,14-/m1/s1. The Bertz CT molecular complexity index is 728. The van der Waals surface area contributed by atoms with Crippen molar-refractivity contribution in [1.82, 2.24) is 4.57 Å². The van der Waals surface area contributed by atoms with Gasteiger partial charge in [-0.25, -0.2) is 0 Å². The minimum absolute atomic E-state index is 0.458. The van der Waals surface area contributed by atoms with Gasteiger partial charge >= 0.3 is 0 Å². The Balaban J connectivity index is 1.93. The Kier molecular flexibility index (Phi) is 2.00. The highest BCUT2D eigenvalue weighted by atomic mass is 15.0. The van der Waals surface area contributed by atoms with E-state index in [9.17, 15) is 0 Å². The first kappa shape index (κ1) is 11.2. The lowest BCUT2D eigenvalue weighted by atomic mass is 9.63. The topological polar surface area (TPSA) is 4.93 Å². The van der Waals surface area contributed by atoms with E-state index in [1.165, 1.54) is 43.0 Å². The van der Waals surface area contributed by atoms with E-state index in [-0.39, 0.29) is 0 Å². The van der Waals surface area contributed by atoms with E-state index in [2.05, 4.69) is 48.0 Å². The highest BCUT2D eigenvalue weighted by Gasteiger charge is 2.51. The Morgan fingerprint density at radius 2 is 1.90 bits per heavy atom. The van der Waals surface area contributed by atoms with Crippen LogP contribution in [0.3, 0.4) is 0 Å². The average Bonchev–Trinajstić information content (AvgIpc) is 3.15. The van der Waals surface area contributed by atoms with Gasteiger partial charge in [0.2, 0.25) is 0 Å². The summed E-state index contributed by atoms with van der Waals surface area (Å²) in [4.78, 5) is 0. The molecule has 0 aliphatic heterocycles. The summed E-state index contributed by atoms with van der Waals surface area (Å²) in [5.74, 6) is 1.46. The molecule has 0 saturated heterocycles. The van der Waals surface area contributed by atoms with Gasteiger partial charge in [0.05, 0.1) is 0 Å². The van der Waals surface area contributed by atoms with Crippen molar-refractivity contribution in [1.29, 1.82) is 0 Å². The second kappa shape index (κ2) is 3.58. The van der Waals surface area contributed by atoms with Crippen molar-refractivity contribution < 1.29 is 0 Å². The van der Waals surface area contributed by atoms with Crippen LogP contribution in [-0.4, -0.2) is 4.57 Å². The fourth-order valence-corrected chi connectivity index (χ4v) is 5.49. The predicted octanol–water partition coefficient (Wildman–Crippen LogP) is 4.66. The first-order valence-corrected chi connectivity index (χ1v) is 8.07. The van der Waals surface area contributed by atoms with E-state index in [0.717, 1.165) is 5.92 Å². The van der Waals surface area contributed by atoms with Crippen molar-refractivity contribution in [3.05, 3.63) is 47.7 Å². The van der Waals surface area contributed by atoms with Crippen molar-refractivity contribution in [2.45, 2.75) is 43.4 Å². The van der Waals surface area contributed by atoms with Crippen molar-refractivity contribution in [2.75, 3.05) is 0 Å². The molecule has 1 heterocycles. The SMILES string of the molecule is Cn1c2c(c3ccccc31)C1(CCCC1)[C@@H]1C=C[C@@H]2C1. The van der Waals surface area contributed by atoms with Crippen LogP contribution in [0.1, 0.15) is 49.3 Å². The van der Waals surface area contributed by atoms with Crippen LogP contribution in [0.4, 0.5) is 0 Å². The number of hydrogen-bond acceptors (Lipinski definition) is 0. The number of para-hydroxylation sites is 1. The Morgan fingerprint density at radius 1 is 1.10 bits per heavy atom. The summed E-state index contributed by atoms with van der Waals surface area (Å²) in [6.45, 7) is 0. The Labute approximate surface area is 120 Å². The minimum atomic E-state index is 0.458. The second-order valence-corrected chi connectivity index (χ2v) is 7.03. The maximum absolute atomic E-state index is 2.55. The Morgan fingerprint density at radius 3 is 2.75 bits per heavy atom. The van der Waals surface area contributed by atoms with Gasteiger partial charge in [-0.2, -0.15) is 0 Å². The summed E-state index contributed by atoms with van der Waals surface area (Å²) in [7, 11) is 2.27. The molecule has 1 fully saturated rings. The minimum Gasteiger partial charge on any atom is -0.347 e. The maximum Gasteiger partial charge on any atom is 0.0483 e. The van der Waals surface area contributed by atoms with Crippen LogP contribution in [-0.2, 0) is 12.5 Å². The summed E-state index contributed by atoms with van der Waals surface area (Å²) < 4.78 is 2.49. The molecule has 2 bridgehead atoms. The lowest BCUT2D eigenvalue weighted by molar-refractivity contribution is 0.291. The van der Waals surface area contributed by atoms with Crippen molar-refractivity contribution in [2.24, 2.45) is 13.0 Å². The molecular weight excluding hydrogens is 242 g/mol. The highest BCUT2D eigenvalue weighted by molar-refractivity contribution is 5.88. The van der Waals surface area contributed by atoms with Crippen LogP contribution in [0.15, 0.2) is 36.4 Å². The fourth-order valence-electron chi connectivity index (χ4n) is 5.49. The molecule has 0 amide bonds. The van der Waals surface area contributed by atoms with Gasteiger partial charge in [-0.3, -0.25) is 0 Å². The largest absolute Gasteiger partial charge is 0.347 e. The third-order valence-corrected chi connectivity index (χ3v) is 6.29. The summed E-state index contributed by atoms with van der Waals surface area (Å²) in [6.07, 6.45) is 12.0. The summed E-state index contributed by atoms with van der Waals surface area (Å²) in [5, 5.41) is 1.53. The van der Waals surface area contributed by atoms with E-state index in [1.54, 1.807) is 11.3 Å². The van der Waals surface area contributed by atoms with Crippen molar-refractivity contribution in [3.8, 4) is 0 Å². The normalized spacial score (nSPS) is 29.4. The molecule has 0 unspecified atom stereocenters. The van der Waals surface area contributed by atoms with Crippen molar-refractivity contribution >= 4 is 10.9 Å². The van der Waals surface area contributed by atoms with Gasteiger partial charge in [0.25, 0.3) is 0 Å². The van der Waals surface area contributed by atoms with Gasteiger partial charge in [0.15, 0.2) is 0 Å². The highest BCUT2D eigenvalue weighted by Crippen LogP contribution is 2.60. The first-order valence-electron chi connectivity index (χ1n) is 8.07. The van der Waals surface area contributed by atoms with E-state index in [0.29, 0.717) is 11.3 Å². The molecular formula is C19H21N. The van der Waals surface area contributed by atoms with E-state index in [4.69, 9.17) is 0 Å². The second-order valence-electron chi connectivity index (χ2n) is 7.03. The van der Waals surface area contributed by atoms with Gasteiger partial charge in [-0.1, -0.05) is 43.2 Å².